The quantitative estimate of drug-likeness (QED) is 0.702. The number of rotatable bonds is 7. The van der Waals surface area contributed by atoms with E-state index in [1.165, 1.54) is 10.7 Å². The zero-order valence-electron chi connectivity index (χ0n) is 14.2. The van der Waals surface area contributed by atoms with Crippen molar-refractivity contribution in [3.8, 4) is 11.3 Å². The number of hydrogen-bond acceptors (Lipinski definition) is 5. The van der Waals surface area contributed by atoms with E-state index in [0.717, 1.165) is 11.1 Å². The number of pyridine rings is 2. The monoisotopic (exact) mass is 349 g/mol. The van der Waals surface area contributed by atoms with E-state index in [2.05, 4.69) is 20.4 Å². The minimum atomic E-state index is -0.185. The van der Waals surface area contributed by atoms with Crippen LogP contribution in [0.1, 0.15) is 18.4 Å². The number of hydrogen-bond donors (Lipinski definition) is 1. The van der Waals surface area contributed by atoms with Gasteiger partial charge in [-0.25, -0.2) is 4.68 Å². The number of aryl methyl sites for hydroxylation is 1. The van der Waals surface area contributed by atoms with Crippen LogP contribution in [0, 0.1) is 0 Å². The fraction of sp³-hybridized carbons (Fsp3) is 0.211. The van der Waals surface area contributed by atoms with Crippen molar-refractivity contribution in [2.24, 2.45) is 0 Å². The lowest BCUT2D eigenvalue weighted by Crippen LogP contribution is -2.25. The Morgan fingerprint density at radius 1 is 1.04 bits per heavy atom. The molecule has 132 valence electrons. The molecule has 0 radical (unpaired) electrons. The van der Waals surface area contributed by atoms with Crippen molar-refractivity contribution in [2.45, 2.75) is 25.9 Å². The van der Waals surface area contributed by atoms with Crippen molar-refractivity contribution in [3.63, 3.8) is 0 Å². The molecular formula is C19H19N5O2. The second kappa shape index (κ2) is 8.66. The molecule has 0 atom stereocenters. The van der Waals surface area contributed by atoms with Gasteiger partial charge in [0, 0.05) is 55.9 Å². The van der Waals surface area contributed by atoms with Crippen molar-refractivity contribution in [1.29, 1.82) is 0 Å². The van der Waals surface area contributed by atoms with Crippen LogP contribution in [0.3, 0.4) is 0 Å². The molecule has 0 spiro atoms. The third kappa shape index (κ3) is 4.83. The number of aromatic nitrogens is 4. The predicted molar refractivity (Wildman–Crippen MR) is 97.0 cm³/mol. The number of carbonyl (C=O) groups is 1. The molecule has 1 amide bonds. The summed E-state index contributed by atoms with van der Waals surface area (Å²) in [5.41, 5.74) is 2.33. The smallest absolute Gasteiger partial charge is 0.266 e. The number of nitrogens with zero attached hydrogens (tertiary/aromatic N) is 4. The van der Waals surface area contributed by atoms with Crippen molar-refractivity contribution in [1.82, 2.24) is 25.1 Å². The molecule has 0 aromatic carbocycles. The third-order valence-corrected chi connectivity index (χ3v) is 3.84. The highest BCUT2D eigenvalue weighted by Gasteiger charge is 2.06. The maximum absolute atomic E-state index is 12.0. The van der Waals surface area contributed by atoms with Crippen LogP contribution in [0.5, 0.6) is 0 Å². The molecule has 0 bridgehead atoms. The summed E-state index contributed by atoms with van der Waals surface area (Å²) in [7, 11) is 0. The summed E-state index contributed by atoms with van der Waals surface area (Å²) >= 11 is 0. The fourth-order valence-corrected chi connectivity index (χ4v) is 2.46. The normalized spacial score (nSPS) is 10.5. The molecule has 0 fully saturated rings. The first kappa shape index (κ1) is 17.5. The minimum absolute atomic E-state index is 0.0572. The van der Waals surface area contributed by atoms with Gasteiger partial charge in [-0.3, -0.25) is 19.6 Å². The molecule has 0 saturated carbocycles. The Labute approximate surface area is 150 Å². The molecule has 3 rings (SSSR count). The zero-order valence-corrected chi connectivity index (χ0v) is 14.2. The Bertz CT molecular complexity index is 910. The predicted octanol–water partition coefficient (Wildman–Crippen LogP) is 1.80. The van der Waals surface area contributed by atoms with Crippen LogP contribution in [0.15, 0.2) is 66.0 Å². The van der Waals surface area contributed by atoms with Crippen molar-refractivity contribution < 1.29 is 4.79 Å². The summed E-state index contributed by atoms with van der Waals surface area (Å²) in [6.45, 7) is 0.853. The van der Waals surface area contributed by atoms with Gasteiger partial charge in [0.25, 0.3) is 5.56 Å². The first-order chi connectivity index (χ1) is 12.7. The van der Waals surface area contributed by atoms with E-state index in [9.17, 15) is 9.59 Å². The van der Waals surface area contributed by atoms with Crippen molar-refractivity contribution in [2.75, 3.05) is 0 Å². The summed E-state index contributed by atoms with van der Waals surface area (Å²) < 4.78 is 1.39. The zero-order chi connectivity index (χ0) is 18.2. The van der Waals surface area contributed by atoms with Gasteiger partial charge >= 0.3 is 0 Å². The van der Waals surface area contributed by atoms with Gasteiger partial charge in [0.2, 0.25) is 5.91 Å². The van der Waals surface area contributed by atoms with Crippen molar-refractivity contribution >= 4 is 5.91 Å². The van der Waals surface area contributed by atoms with Crippen LogP contribution < -0.4 is 10.9 Å². The minimum Gasteiger partial charge on any atom is -0.352 e. The molecular weight excluding hydrogens is 330 g/mol. The Hall–Kier alpha value is -3.35. The molecule has 1 N–H and O–H groups in total. The Morgan fingerprint density at radius 3 is 2.65 bits per heavy atom. The van der Waals surface area contributed by atoms with Crippen LogP contribution in [-0.2, 0) is 17.9 Å². The lowest BCUT2D eigenvalue weighted by Gasteiger charge is -2.08. The molecule has 0 saturated heterocycles. The van der Waals surface area contributed by atoms with E-state index in [4.69, 9.17) is 0 Å². The Kier molecular flexibility index (Phi) is 5.82. The highest BCUT2D eigenvalue weighted by Crippen LogP contribution is 2.12. The topological polar surface area (TPSA) is 89.8 Å². The van der Waals surface area contributed by atoms with E-state index in [0.29, 0.717) is 31.6 Å². The van der Waals surface area contributed by atoms with Crippen LogP contribution in [0.25, 0.3) is 11.3 Å². The van der Waals surface area contributed by atoms with Gasteiger partial charge in [0.05, 0.1) is 5.69 Å². The van der Waals surface area contributed by atoms with Crippen LogP contribution in [0.4, 0.5) is 0 Å². The molecule has 26 heavy (non-hydrogen) atoms. The van der Waals surface area contributed by atoms with Gasteiger partial charge < -0.3 is 5.32 Å². The highest BCUT2D eigenvalue weighted by atomic mass is 16.1. The van der Waals surface area contributed by atoms with Crippen LogP contribution in [0.2, 0.25) is 0 Å². The second-order valence-electron chi connectivity index (χ2n) is 5.76. The lowest BCUT2D eigenvalue weighted by molar-refractivity contribution is -0.121. The summed E-state index contributed by atoms with van der Waals surface area (Å²) in [6, 6.07) is 10.6. The van der Waals surface area contributed by atoms with E-state index >= 15 is 0 Å². The van der Waals surface area contributed by atoms with E-state index < -0.39 is 0 Å². The van der Waals surface area contributed by atoms with E-state index in [1.54, 1.807) is 30.9 Å². The summed E-state index contributed by atoms with van der Waals surface area (Å²) in [5.74, 6) is -0.0572. The fourth-order valence-electron chi connectivity index (χ4n) is 2.46. The van der Waals surface area contributed by atoms with Gasteiger partial charge in [0.15, 0.2) is 0 Å². The number of amides is 1. The van der Waals surface area contributed by atoms with Gasteiger partial charge in [-0.15, -0.1) is 0 Å². The molecule has 3 aromatic heterocycles. The maximum Gasteiger partial charge on any atom is 0.266 e. The SMILES string of the molecule is O=C(CCCn1nc(-c2cccnc2)ccc1=O)NCc1ccncc1. The van der Waals surface area contributed by atoms with Gasteiger partial charge in [-0.1, -0.05) is 0 Å². The number of nitrogens with one attached hydrogen (secondary N) is 1. The Morgan fingerprint density at radius 2 is 1.88 bits per heavy atom. The van der Waals surface area contributed by atoms with E-state index in [1.807, 2.05) is 24.3 Å². The average Bonchev–Trinajstić information content (AvgIpc) is 2.69. The lowest BCUT2D eigenvalue weighted by atomic mass is 10.2. The van der Waals surface area contributed by atoms with Gasteiger partial charge in [0.1, 0.15) is 0 Å². The molecule has 7 nitrogen and oxygen atoms in total. The van der Waals surface area contributed by atoms with Gasteiger partial charge in [-0.05, 0) is 42.3 Å². The third-order valence-electron chi connectivity index (χ3n) is 3.84. The summed E-state index contributed by atoms with van der Waals surface area (Å²) in [6.07, 6.45) is 7.62. The molecule has 0 aliphatic carbocycles. The first-order valence-corrected chi connectivity index (χ1v) is 8.36. The molecule has 0 aliphatic heterocycles. The largest absolute Gasteiger partial charge is 0.352 e. The van der Waals surface area contributed by atoms with Crippen LogP contribution >= 0.6 is 0 Å². The second-order valence-corrected chi connectivity index (χ2v) is 5.76. The Balaban J connectivity index is 1.53. The standard InChI is InChI=1S/C19H19N5O2/c25-18(22-13-15-7-10-20-11-8-15)4-2-12-24-19(26)6-5-17(23-24)16-3-1-9-21-14-16/h1,3,5-11,14H,2,4,12-13H2,(H,22,25). The highest BCUT2D eigenvalue weighted by molar-refractivity contribution is 5.75. The maximum atomic E-state index is 12.0. The molecule has 3 aromatic rings. The van der Waals surface area contributed by atoms with E-state index in [-0.39, 0.29) is 11.5 Å². The summed E-state index contributed by atoms with van der Waals surface area (Å²) in [4.78, 5) is 31.9. The van der Waals surface area contributed by atoms with Crippen molar-refractivity contribution in [3.05, 3.63) is 77.1 Å². The molecule has 3 heterocycles. The molecule has 0 aliphatic rings. The molecule has 7 heteroatoms. The average molecular weight is 349 g/mol. The van der Waals surface area contributed by atoms with Gasteiger partial charge in [-0.2, -0.15) is 5.10 Å². The van der Waals surface area contributed by atoms with Crippen LogP contribution in [-0.4, -0.2) is 25.7 Å². The molecule has 0 unspecified atom stereocenters. The number of carbonyl (C=O) groups excluding carboxylic acids is 1. The first-order valence-electron chi connectivity index (χ1n) is 8.36. The summed E-state index contributed by atoms with van der Waals surface area (Å²) in [5, 5.41) is 7.21.